The van der Waals surface area contributed by atoms with Gasteiger partial charge in [0.2, 0.25) is 0 Å². The average molecular weight is 422 g/mol. The summed E-state index contributed by atoms with van der Waals surface area (Å²) in [6.45, 7) is 0. The molecule has 0 spiro atoms. The van der Waals surface area contributed by atoms with Gasteiger partial charge in [0.1, 0.15) is 17.1 Å². The minimum Gasteiger partial charge on any atom is -0.755 e. The summed E-state index contributed by atoms with van der Waals surface area (Å²) in [5, 5.41) is 18.8. The molecule has 6 nitrogen and oxygen atoms in total. The lowest BCUT2D eigenvalue weighted by Gasteiger charge is -2.27. The zero-order chi connectivity index (χ0) is 21.3. The molecule has 0 aromatic heterocycles. The summed E-state index contributed by atoms with van der Waals surface area (Å²) in [5.41, 5.74) is -1.45. The van der Waals surface area contributed by atoms with Crippen LogP contribution in [0.1, 0.15) is 10.4 Å². The number of carboxylic acids is 1. The van der Waals surface area contributed by atoms with Crippen molar-refractivity contribution in [2.45, 2.75) is 0 Å². The molecule has 3 aromatic rings. The van der Waals surface area contributed by atoms with Gasteiger partial charge in [0.25, 0.3) is 0 Å². The van der Waals surface area contributed by atoms with Crippen molar-refractivity contribution in [2.24, 2.45) is 0 Å². The number of halogens is 3. The van der Waals surface area contributed by atoms with Crippen LogP contribution in [0.25, 0.3) is 11.1 Å². The summed E-state index contributed by atoms with van der Waals surface area (Å²) in [4.78, 5) is 11.0. The van der Waals surface area contributed by atoms with E-state index in [1.54, 1.807) is 0 Å². The summed E-state index contributed by atoms with van der Waals surface area (Å²) >= 11 is -2.95. The average Bonchev–Trinajstić information content (AvgIpc) is 2.65. The van der Waals surface area contributed by atoms with E-state index in [9.17, 15) is 31.8 Å². The van der Waals surface area contributed by atoms with Crippen molar-refractivity contribution in [1.82, 2.24) is 0 Å². The van der Waals surface area contributed by atoms with Crippen molar-refractivity contribution in [3.05, 3.63) is 77.6 Å². The lowest BCUT2D eigenvalue weighted by Crippen LogP contribution is -2.19. The molecular weight excluding hydrogens is 411 g/mol. The van der Waals surface area contributed by atoms with Gasteiger partial charge in [-0.1, -0.05) is 12.1 Å². The summed E-state index contributed by atoms with van der Waals surface area (Å²) in [5.74, 6) is -5.84. The van der Waals surface area contributed by atoms with Gasteiger partial charge in [0, 0.05) is 6.07 Å². The van der Waals surface area contributed by atoms with Gasteiger partial charge in [-0.25, -0.2) is 18.0 Å². The van der Waals surface area contributed by atoms with Gasteiger partial charge >= 0.3 is 5.97 Å². The van der Waals surface area contributed by atoms with Gasteiger partial charge in [-0.05, 0) is 42.0 Å². The van der Waals surface area contributed by atoms with E-state index in [0.29, 0.717) is 10.4 Å². The third-order valence-corrected chi connectivity index (χ3v) is 4.73. The van der Waals surface area contributed by atoms with E-state index in [-0.39, 0.29) is 16.9 Å². The van der Waals surface area contributed by atoms with E-state index in [2.05, 4.69) is 0 Å². The van der Waals surface area contributed by atoms with Gasteiger partial charge in [-0.2, -0.15) is 0 Å². The second kappa shape index (κ2) is 7.94. The summed E-state index contributed by atoms with van der Waals surface area (Å²) in [6, 6.07) is 9.40. The van der Waals surface area contributed by atoms with Crippen LogP contribution in [-0.2, 0) is 11.3 Å². The van der Waals surface area contributed by atoms with Gasteiger partial charge < -0.3 is 14.8 Å². The number of aromatic hydroxyl groups is 1. The standard InChI is InChI=1S/C19H12F3NO5S/c20-14-6-7-15(21)18(22)17(14)10-2-1-3-11(8-10)23(29(27)28)12-4-5-13(19(25)26)16(24)9-12/h1-9,24H,(H,25,26)(H,27,28)/p-1. The number of benzene rings is 3. The highest BCUT2D eigenvalue weighted by molar-refractivity contribution is 7.81. The van der Waals surface area contributed by atoms with Gasteiger partial charge in [0.05, 0.1) is 28.2 Å². The minimum atomic E-state index is -2.95. The maximum absolute atomic E-state index is 14.1. The topological polar surface area (TPSA) is 101 Å². The molecule has 0 heterocycles. The molecule has 1 atom stereocenters. The van der Waals surface area contributed by atoms with E-state index in [4.69, 9.17) is 5.11 Å². The van der Waals surface area contributed by atoms with E-state index in [0.717, 1.165) is 30.3 Å². The molecule has 0 fully saturated rings. The number of carbonyl (C=O) groups is 1. The highest BCUT2D eigenvalue weighted by atomic mass is 32.2. The predicted octanol–water partition coefficient (Wildman–Crippen LogP) is 4.11. The molecule has 10 heteroatoms. The lowest BCUT2D eigenvalue weighted by molar-refractivity contribution is 0.0693. The van der Waals surface area contributed by atoms with E-state index in [1.165, 1.54) is 18.2 Å². The van der Waals surface area contributed by atoms with Crippen molar-refractivity contribution in [1.29, 1.82) is 0 Å². The van der Waals surface area contributed by atoms with Crippen molar-refractivity contribution in [3.8, 4) is 16.9 Å². The highest BCUT2D eigenvalue weighted by Crippen LogP contribution is 2.35. The number of carboxylic acid groups (broad SMARTS) is 1. The second-order valence-corrected chi connectivity index (χ2v) is 6.59. The summed E-state index contributed by atoms with van der Waals surface area (Å²) in [6.07, 6.45) is 0. The Morgan fingerprint density at radius 1 is 0.966 bits per heavy atom. The molecule has 0 saturated heterocycles. The van der Waals surface area contributed by atoms with E-state index >= 15 is 0 Å². The van der Waals surface area contributed by atoms with Crippen molar-refractivity contribution < 1.29 is 36.9 Å². The van der Waals surface area contributed by atoms with Gasteiger partial charge in [-0.15, -0.1) is 0 Å². The number of anilines is 2. The molecule has 3 aromatic carbocycles. The first-order valence-electron chi connectivity index (χ1n) is 7.90. The first-order valence-corrected chi connectivity index (χ1v) is 8.93. The first kappa shape index (κ1) is 20.4. The quantitative estimate of drug-likeness (QED) is 0.476. The molecule has 1 unspecified atom stereocenters. The molecule has 0 saturated carbocycles. The van der Waals surface area contributed by atoms with Crippen molar-refractivity contribution in [3.63, 3.8) is 0 Å². The fourth-order valence-corrected chi connectivity index (χ4v) is 3.30. The van der Waals surface area contributed by atoms with Crippen LogP contribution >= 0.6 is 0 Å². The molecule has 0 radical (unpaired) electrons. The molecule has 0 bridgehead atoms. The largest absolute Gasteiger partial charge is 0.755 e. The summed E-state index contributed by atoms with van der Waals surface area (Å²) in [7, 11) is 0. The Balaban J connectivity index is 2.13. The Morgan fingerprint density at radius 2 is 1.62 bits per heavy atom. The zero-order valence-electron chi connectivity index (χ0n) is 14.3. The molecule has 150 valence electrons. The lowest BCUT2D eigenvalue weighted by atomic mass is 10.0. The molecule has 29 heavy (non-hydrogen) atoms. The van der Waals surface area contributed by atoms with Crippen molar-refractivity contribution >= 4 is 28.6 Å². The third kappa shape index (κ3) is 3.93. The molecule has 3 rings (SSSR count). The number of hydrogen-bond donors (Lipinski definition) is 2. The second-order valence-electron chi connectivity index (χ2n) is 5.79. The monoisotopic (exact) mass is 422 g/mol. The Kier molecular flexibility index (Phi) is 5.57. The molecule has 2 N–H and O–H groups in total. The highest BCUT2D eigenvalue weighted by Gasteiger charge is 2.19. The van der Waals surface area contributed by atoms with Crippen LogP contribution in [0.4, 0.5) is 24.5 Å². The predicted molar refractivity (Wildman–Crippen MR) is 97.9 cm³/mol. The smallest absolute Gasteiger partial charge is 0.339 e. The maximum Gasteiger partial charge on any atom is 0.339 e. The zero-order valence-corrected chi connectivity index (χ0v) is 15.1. The van der Waals surface area contributed by atoms with E-state index in [1.807, 2.05) is 0 Å². The number of hydrogen-bond acceptors (Lipinski definition) is 4. The number of aromatic carboxylic acids is 1. The molecule has 0 amide bonds. The Hall–Kier alpha value is -3.37. The number of nitrogens with zero attached hydrogens (tertiary/aromatic N) is 1. The molecule has 0 aliphatic carbocycles. The minimum absolute atomic E-state index is 0.0821. The summed E-state index contributed by atoms with van der Waals surface area (Å²) < 4.78 is 65.9. The van der Waals surface area contributed by atoms with E-state index < -0.39 is 51.6 Å². The van der Waals surface area contributed by atoms with Crippen LogP contribution in [0.15, 0.2) is 54.6 Å². The molecular formula is C19H11F3NO5S-. The van der Waals surface area contributed by atoms with Crippen molar-refractivity contribution in [2.75, 3.05) is 4.31 Å². The van der Waals surface area contributed by atoms with Gasteiger partial charge in [0.15, 0.2) is 11.6 Å². The first-order chi connectivity index (χ1) is 13.7. The number of phenols is 1. The van der Waals surface area contributed by atoms with Crippen LogP contribution in [0.3, 0.4) is 0 Å². The van der Waals surface area contributed by atoms with Crippen LogP contribution in [0, 0.1) is 17.5 Å². The third-order valence-electron chi connectivity index (χ3n) is 4.01. The number of rotatable bonds is 5. The Bertz CT molecular complexity index is 1140. The van der Waals surface area contributed by atoms with Crippen LogP contribution in [0.2, 0.25) is 0 Å². The fourth-order valence-electron chi connectivity index (χ4n) is 2.73. The molecule has 0 aliphatic rings. The Morgan fingerprint density at radius 3 is 2.24 bits per heavy atom. The van der Waals surface area contributed by atoms with Gasteiger partial charge in [-0.3, -0.25) is 8.51 Å². The van der Waals surface area contributed by atoms with Crippen LogP contribution < -0.4 is 4.31 Å². The SMILES string of the molecule is O=C(O)c1ccc(N(c2cccc(-c3c(F)ccc(F)c3F)c2)S(=O)[O-])cc1O. The van der Waals surface area contributed by atoms with Crippen LogP contribution in [-0.4, -0.2) is 24.9 Å². The Labute approximate surface area is 164 Å². The van der Waals surface area contributed by atoms with Crippen LogP contribution in [0.5, 0.6) is 5.75 Å². The fraction of sp³-hybridized carbons (Fsp3) is 0. The maximum atomic E-state index is 14.1. The molecule has 0 aliphatic heterocycles. The normalized spacial score (nSPS) is 11.9.